The normalized spacial score (nSPS) is 15.6. The maximum atomic E-state index is 4.55. The lowest BCUT2D eigenvalue weighted by Gasteiger charge is -2.32. The molecule has 4 heterocycles. The summed E-state index contributed by atoms with van der Waals surface area (Å²) in [5.41, 5.74) is 4.03. The maximum absolute atomic E-state index is 4.55. The van der Waals surface area contributed by atoms with Crippen LogP contribution in [0, 0.1) is 0 Å². The molecular formula is C22H28N10. The van der Waals surface area contributed by atoms with Crippen molar-refractivity contribution in [3.8, 4) is 11.4 Å². The molecule has 10 nitrogen and oxygen atoms in total. The SMILES string of the molecule is CC(C)n1nnc(-c2cccc(Nc3ncnn4ccc(CN5CCN(C)CC5)c34)c2)n1. The Morgan fingerprint density at radius 1 is 1.09 bits per heavy atom. The van der Waals surface area contributed by atoms with Crippen LogP contribution in [0.2, 0.25) is 0 Å². The number of anilines is 2. The molecule has 0 bridgehead atoms. The van der Waals surface area contributed by atoms with Gasteiger partial charge in [0.05, 0.1) is 6.04 Å². The molecule has 1 aliphatic heterocycles. The van der Waals surface area contributed by atoms with E-state index in [-0.39, 0.29) is 6.04 Å². The summed E-state index contributed by atoms with van der Waals surface area (Å²) in [5, 5.41) is 20.7. The molecule has 3 aromatic heterocycles. The van der Waals surface area contributed by atoms with Gasteiger partial charge in [-0.2, -0.15) is 9.90 Å². The Morgan fingerprint density at radius 3 is 2.72 bits per heavy atom. The van der Waals surface area contributed by atoms with Crippen LogP contribution in [0.4, 0.5) is 11.5 Å². The first-order valence-corrected chi connectivity index (χ1v) is 11.0. The van der Waals surface area contributed by atoms with Crippen molar-refractivity contribution in [2.45, 2.75) is 26.4 Å². The van der Waals surface area contributed by atoms with E-state index in [1.165, 1.54) is 5.56 Å². The van der Waals surface area contributed by atoms with Gasteiger partial charge in [0.1, 0.15) is 11.8 Å². The lowest BCUT2D eigenvalue weighted by molar-refractivity contribution is 0.148. The predicted octanol–water partition coefficient (Wildman–Crippen LogP) is 2.45. The highest BCUT2D eigenvalue weighted by Crippen LogP contribution is 2.26. The average Bonchev–Trinajstić information content (AvgIpc) is 3.44. The van der Waals surface area contributed by atoms with Crippen LogP contribution in [0.3, 0.4) is 0 Å². The highest BCUT2D eigenvalue weighted by Gasteiger charge is 2.18. The van der Waals surface area contributed by atoms with Gasteiger partial charge in [-0.05, 0) is 49.9 Å². The zero-order valence-electron chi connectivity index (χ0n) is 18.7. The van der Waals surface area contributed by atoms with Crippen molar-refractivity contribution < 1.29 is 0 Å². The minimum atomic E-state index is 0.167. The van der Waals surface area contributed by atoms with Crippen molar-refractivity contribution in [1.82, 2.24) is 44.6 Å². The zero-order chi connectivity index (χ0) is 22.1. The molecule has 166 valence electrons. The van der Waals surface area contributed by atoms with Crippen molar-refractivity contribution >= 4 is 17.0 Å². The highest BCUT2D eigenvalue weighted by molar-refractivity contribution is 5.77. The minimum absolute atomic E-state index is 0.167. The molecule has 0 aliphatic carbocycles. The molecule has 0 amide bonds. The van der Waals surface area contributed by atoms with Crippen LogP contribution in [-0.2, 0) is 6.54 Å². The second-order valence-corrected chi connectivity index (χ2v) is 8.56. The minimum Gasteiger partial charge on any atom is -0.338 e. The van der Waals surface area contributed by atoms with Crippen LogP contribution in [0.1, 0.15) is 25.5 Å². The van der Waals surface area contributed by atoms with Gasteiger partial charge < -0.3 is 10.2 Å². The molecule has 0 atom stereocenters. The molecule has 0 radical (unpaired) electrons. The number of piperazine rings is 1. The molecule has 32 heavy (non-hydrogen) atoms. The number of tetrazole rings is 1. The van der Waals surface area contributed by atoms with Crippen LogP contribution in [0.15, 0.2) is 42.9 Å². The average molecular weight is 433 g/mol. The molecule has 4 aromatic rings. The molecule has 1 fully saturated rings. The number of nitrogens with one attached hydrogen (secondary N) is 1. The predicted molar refractivity (Wildman–Crippen MR) is 123 cm³/mol. The molecule has 1 saturated heterocycles. The fourth-order valence-electron chi connectivity index (χ4n) is 3.92. The van der Waals surface area contributed by atoms with Crippen molar-refractivity contribution in [3.05, 3.63) is 48.4 Å². The summed E-state index contributed by atoms with van der Waals surface area (Å²) in [6.07, 6.45) is 3.58. The van der Waals surface area contributed by atoms with Crippen molar-refractivity contribution in [3.63, 3.8) is 0 Å². The largest absolute Gasteiger partial charge is 0.338 e. The molecule has 0 spiro atoms. The number of fused-ring (bicyclic) bond motifs is 1. The van der Waals surface area contributed by atoms with Crippen molar-refractivity contribution in [1.29, 1.82) is 0 Å². The summed E-state index contributed by atoms with van der Waals surface area (Å²) in [4.78, 5) is 11.0. The van der Waals surface area contributed by atoms with E-state index >= 15 is 0 Å². The second kappa shape index (κ2) is 8.64. The Kier molecular flexibility index (Phi) is 5.54. The summed E-state index contributed by atoms with van der Waals surface area (Å²) < 4.78 is 1.89. The van der Waals surface area contributed by atoms with Gasteiger partial charge in [0.25, 0.3) is 0 Å². The van der Waals surface area contributed by atoms with Crippen LogP contribution in [-0.4, -0.2) is 77.8 Å². The first-order valence-electron chi connectivity index (χ1n) is 11.0. The molecule has 1 N–H and O–H groups in total. The number of hydrogen-bond donors (Lipinski definition) is 1. The summed E-state index contributed by atoms with van der Waals surface area (Å²) >= 11 is 0. The third-order valence-corrected chi connectivity index (χ3v) is 5.80. The van der Waals surface area contributed by atoms with Gasteiger partial charge in [-0.1, -0.05) is 12.1 Å². The van der Waals surface area contributed by atoms with E-state index in [0.29, 0.717) is 5.82 Å². The molecule has 1 aromatic carbocycles. The van der Waals surface area contributed by atoms with E-state index in [4.69, 9.17) is 0 Å². The monoisotopic (exact) mass is 432 g/mol. The van der Waals surface area contributed by atoms with Crippen LogP contribution in [0.25, 0.3) is 16.9 Å². The first-order chi connectivity index (χ1) is 15.6. The van der Waals surface area contributed by atoms with E-state index in [1.54, 1.807) is 11.1 Å². The van der Waals surface area contributed by atoms with Crippen LogP contribution in [0.5, 0.6) is 0 Å². The second-order valence-electron chi connectivity index (χ2n) is 8.56. The highest BCUT2D eigenvalue weighted by atomic mass is 15.6. The number of nitrogens with zero attached hydrogens (tertiary/aromatic N) is 9. The van der Waals surface area contributed by atoms with Gasteiger partial charge in [0, 0.05) is 50.2 Å². The van der Waals surface area contributed by atoms with Crippen LogP contribution < -0.4 is 5.32 Å². The number of aromatic nitrogens is 7. The Balaban J connectivity index is 1.41. The summed E-state index contributed by atoms with van der Waals surface area (Å²) in [6, 6.07) is 10.3. The van der Waals surface area contributed by atoms with E-state index in [1.807, 2.05) is 48.8 Å². The number of hydrogen-bond acceptors (Lipinski definition) is 8. The topological polar surface area (TPSA) is 92.3 Å². The van der Waals surface area contributed by atoms with Crippen LogP contribution >= 0.6 is 0 Å². The Labute approximate surface area is 186 Å². The standard InChI is InChI=1S/C22H28N10/c1-16(2)32-27-21(26-28-32)17-5-4-6-19(13-17)25-22-20-18(7-8-31(20)24-15-23-22)14-30-11-9-29(3)10-12-30/h4-8,13,15-16H,9-12,14H2,1-3H3,(H,23,24,25). The van der Waals surface area contributed by atoms with Gasteiger partial charge in [-0.25, -0.2) is 9.50 Å². The summed E-state index contributed by atoms with van der Waals surface area (Å²) in [7, 11) is 2.17. The van der Waals surface area contributed by atoms with E-state index in [9.17, 15) is 0 Å². The van der Waals surface area contributed by atoms with E-state index in [0.717, 1.165) is 55.3 Å². The molecule has 1 aliphatic rings. The van der Waals surface area contributed by atoms with Gasteiger partial charge >= 0.3 is 0 Å². The van der Waals surface area contributed by atoms with Crippen molar-refractivity contribution in [2.24, 2.45) is 0 Å². The van der Waals surface area contributed by atoms with Crippen molar-refractivity contribution in [2.75, 3.05) is 38.5 Å². The summed E-state index contributed by atoms with van der Waals surface area (Å²) in [5.74, 6) is 1.39. The zero-order valence-corrected chi connectivity index (χ0v) is 18.7. The molecule has 10 heteroatoms. The van der Waals surface area contributed by atoms with E-state index < -0.39 is 0 Å². The molecular weight excluding hydrogens is 404 g/mol. The number of benzene rings is 1. The maximum Gasteiger partial charge on any atom is 0.205 e. The lowest BCUT2D eigenvalue weighted by atomic mass is 10.2. The Bertz CT molecular complexity index is 1200. The Morgan fingerprint density at radius 2 is 1.94 bits per heavy atom. The third-order valence-electron chi connectivity index (χ3n) is 5.80. The number of rotatable bonds is 6. The Hall–Kier alpha value is -3.37. The first kappa shape index (κ1) is 20.5. The molecule has 5 rings (SSSR count). The fraction of sp³-hybridized carbons (Fsp3) is 0.409. The fourth-order valence-corrected chi connectivity index (χ4v) is 3.92. The summed E-state index contributed by atoms with van der Waals surface area (Å²) in [6.45, 7) is 9.26. The quantitative estimate of drug-likeness (QED) is 0.497. The van der Waals surface area contributed by atoms with Gasteiger partial charge in [0.2, 0.25) is 5.82 Å². The third kappa shape index (κ3) is 4.19. The molecule has 0 saturated carbocycles. The van der Waals surface area contributed by atoms with Gasteiger partial charge in [0.15, 0.2) is 5.82 Å². The molecule has 0 unspecified atom stereocenters. The van der Waals surface area contributed by atoms with Gasteiger partial charge in [-0.15, -0.1) is 10.2 Å². The lowest BCUT2D eigenvalue weighted by Crippen LogP contribution is -2.43. The smallest absolute Gasteiger partial charge is 0.205 e. The van der Waals surface area contributed by atoms with Gasteiger partial charge in [-0.3, -0.25) is 4.90 Å². The van der Waals surface area contributed by atoms with E-state index in [2.05, 4.69) is 53.7 Å². The number of likely N-dealkylation sites (N-methyl/N-ethyl adjacent to an activating group) is 1.